The number of urea groups is 1. The number of aromatic nitrogens is 2. The van der Waals surface area contributed by atoms with Gasteiger partial charge in [-0.3, -0.25) is 9.20 Å². The Balaban J connectivity index is 1.49. The number of hydrogen-bond donors (Lipinski definition) is 0. The van der Waals surface area contributed by atoms with Gasteiger partial charge in [-0.15, -0.1) is 4.90 Å². The predicted molar refractivity (Wildman–Crippen MR) is 140 cm³/mol. The largest absolute Gasteiger partial charge is 0.507 e. The molecule has 188 valence electrons. The minimum atomic E-state index is -0.532. The summed E-state index contributed by atoms with van der Waals surface area (Å²) in [5.41, 5.74) is 2.97. The van der Waals surface area contributed by atoms with Crippen molar-refractivity contribution in [3.63, 3.8) is 0 Å². The predicted octanol–water partition coefficient (Wildman–Crippen LogP) is 3.90. The molecular weight excluding hydrogens is 492 g/mol. The lowest BCUT2D eigenvalue weighted by molar-refractivity contribution is -0.444. The molecule has 3 amide bonds. The molecule has 6 rings (SSSR count). The van der Waals surface area contributed by atoms with E-state index >= 15 is 0 Å². The molecule has 0 N–H and O–H groups in total. The van der Waals surface area contributed by atoms with E-state index in [4.69, 9.17) is 9.47 Å². The van der Waals surface area contributed by atoms with Crippen LogP contribution >= 0.6 is 11.8 Å². The number of rotatable bonds is 5. The summed E-state index contributed by atoms with van der Waals surface area (Å²) in [7, 11) is 3.03. The van der Waals surface area contributed by atoms with Crippen molar-refractivity contribution in [2.45, 2.75) is 32.7 Å². The molecule has 3 aromatic rings. The van der Waals surface area contributed by atoms with Gasteiger partial charge in [0, 0.05) is 17.8 Å². The molecule has 10 heteroatoms. The molecule has 1 aromatic carbocycles. The quantitative estimate of drug-likeness (QED) is 0.474. The van der Waals surface area contributed by atoms with Crippen molar-refractivity contribution in [3.8, 4) is 11.5 Å². The van der Waals surface area contributed by atoms with Gasteiger partial charge in [0.1, 0.15) is 17.9 Å². The molecule has 0 bridgehead atoms. The minimum absolute atomic E-state index is 0.0696. The Hall–Kier alpha value is -3.92. The number of fused-ring (bicyclic) bond motifs is 3. The Labute approximate surface area is 217 Å². The topological polar surface area (TPSA) is 93.2 Å². The normalized spacial score (nSPS) is 19.1. The summed E-state index contributed by atoms with van der Waals surface area (Å²) in [6, 6.07) is 11.4. The smallest absolute Gasteiger partial charge is 0.497 e. The lowest BCUT2D eigenvalue weighted by atomic mass is 9.96. The van der Waals surface area contributed by atoms with Crippen molar-refractivity contribution in [1.82, 2.24) is 9.38 Å². The van der Waals surface area contributed by atoms with Crippen LogP contribution in [-0.4, -0.2) is 45.2 Å². The Morgan fingerprint density at radius 2 is 1.92 bits per heavy atom. The number of benzene rings is 1. The number of allylic oxidation sites excluding steroid dienone is 1. The van der Waals surface area contributed by atoms with E-state index in [1.807, 2.05) is 19.1 Å². The van der Waals surface area contributed by atoms with Crippen molar-refractivity contribution < 1.29 is 23.6 Å². The van der Waals surface area contributed by atoms with E-state index < -0.39 is 11.9 Å². The third kappa shape index (κ3) is 3.66. The zero-order valence-electron chi connectivity index (χ0n) is 20.7. The van der Waals surface area contributed by atoms with Gasteiger partial charge in [-0.25, -0.2) is 9.78 Å². The second-order valence-corrected chi connectivity index (χ2v) is 10.3. The average Bonchev–Trinajstić information content (AvgIpc) is 3.48. The highest BCUT2D eigenvalue weighted by atomic mass is 32.2. The number of ether oxygens (including phenoxy) is 2. The van der Waals surface area contributed by atoms with Crippen LogP contribution in [0, 0.1) is 12.8 Å². The number of carbonyl (C=O) groups excluding carboxylic acids is 2. The first-order chi connectivity index (χ1) is 17.9. The molecule has 2 aromatic heterocycles. The van der Waals surface area contributed by atoms with Crippen LogP contribution < -0.4 is 19.9 Å². The van der Waals surface area contributed by atoms with Gasteiger partial charge in [0.05, 0.1) is 19.9 Å². The van der Waals surface area contributed by atoms with Crippen molar-refractivity contribution in [2.75, 3.05) is 19.1 Å². The number of pyridine rings is 1. The molecule has 1 aliphatic carbocycles. The van der Waals surface area contributed by atoms with Crippen LogP contribution in [0.3, 0.4) is 0 Å². The summed E-state index contributed by atoms with van der Waals surface area (Å²) in [5.74, 6) is 0.0836. The lowest BCUT2D eigenvalue weighted by Crippen LogP contribution is -2.54. The number of amides is 3. The molecule has 1 unspecified atom stereocenters. The van der Waals surface area contributed by atoms with Crippen LogP contribution in [0.5, 0.6) is 11.5 Å². The summed E-state index contributed by atoms with van der Waals surface area (Å²) >= 11 is 1.52. The Kier molecular flexibility index (Phi) is 5.63. The fraction of sp³-hybridized carbons (Fsp3) is 0.296. The fourth-order valence-corrected chi connectivity index (χ4v) is 6.81. The zero-order chi connectivity index (χ0) is 25.8. The maximum absolute atomic E-state index is 14.0. The Morgan fingerprint density at radius 3 is 2.70 bits per heavy atom. The molecule has 37 heavy (non-hydrogen) atoms. The molecule has 0 saturated carbocycles. The summed E-state index contributed by atoms with van der Waals surface area (Å²) in [6.07, 6.45) is 2.72. The van der Waals surface area contributed by atoms with Crippen LogP contribution in [0.1, 0.15) is 30.7 Å². The van der Waals surface area contributed by atoms with Crippen molar-refractivity contribution in [1.29, 1.82) is 0 Å². The van der Waals surface area contributed by atoms with Crippen LogP contribution in [0.4, 0.5) is 10.5 Å². The number of hydrogen-bond acceptors (Lipinski definition) is 7. The number of carbonyl (C=O) groups is 2. The second-order valence-electron chi connectivity index (χ2n) is 9.20. The summed E-state index contributed by atoms with van der Waals surface area (Å²) in [6.45, 7) is 1.92. The van der Waals surface area contributed by atoms with Gasteiger partial charge in [-0.05, 0) is 60.9 Å². The molecule has 3 aliphatic rings. The van der Waals surface area contributed by atoms with E-state index in [2.05, 4.69) is 4.98 Å². The Bertz CT molecular complexity index is 1620. The molecule has 0 radical (unpaired) electrons. The van der Waals surface area contributed by atoms with Gasteiger partial charge >= 0.3 is 11.9 Å². The maximum Gasteiger partial charge on any atom is 0.507 e. The monoisotopic (exact) mass is 517 g/mol. The fourth-order valence-electron chi connectivity index (χ4n) is 5.34. The first kappa shape index (κ1) is 23.5. The van der Waals surface area contributed by atoms with Crippen LogP contribution in [0.2, 0.25) is 0 Å². The van der Waals surface area contributed by atoms with E-state index in [0.29, 0.717) is 33.6 Å². The SMILES string of the molecule is COc1ccc(N2C(=O)C3C4=C(CCC4)SC3=[N+](Cc3cc(=O)n4c(C)cccc4n3)C2=O)c(OC)c1. The van der Waals surface area contributed by atoms with Gasteiger partial charge in [0.25, 0.3) is 5.56 Å². The molecule has 0 fully saturated rings. The number of nitrogens with zero attached hydrogens (tertiary/aromatic N) is 4. The summed E-state index contributed by atoms with van der Waals surface area (Å²) in [4.78, 5) is 47.9. The van der Waals surface area contributed by atoms with Gasteiger partial charge in [0.15, 0.2) is 22.4 Å². The minimum Gasteiger partial charge on any atom is -0.497 e. The maximum atomic E-state index is 14.0. The van der Waals surface area contributed by atoms with Crippen LogP contribution in [0.15, 0.2) is 57.7 Å². The van der Waals surface area contributed by atoms with Crippen LogP contribution in [-0.2, 0) is 11.3 Å². The molecule has 1 atom stereocenters. The average molecular weight is 518 g/mol. The van der Waals surface area contributed by atoms with E-state index in [1.54, 1.807) is 36.0 Å². The highest BCUT2D eigenvalue weighted by Gasteiger charge is 2.55. The van der Waals surface area contributed by atoms with E-state index in [0.717, 1.165) is 35.4 Å². The highest BCUT2D eigenvalue weighted by Crippen LogP contribution is 2.50. The number of imide groups is 1. The standard InChI is InChI=1S/C27H25N4O5S/c1-15-6-4-9-22-28-16(12-23(32)30(15)22)14-29-26-24(18-7-5-8-21(18)37-26)25(33)31(27(29)34)19-11-10-17(35-2)13-20(19)36-3/h4,6,9-13,24H,5,7-8,14H2,1-3H3/q+1. The molecule has 0 saturated heterocycles. The molecular formula is C27H25N4O5S+. The molecule has 4 heterocycles. The third-order valence-electron chi connectivity index (χ3n) is 7.07. The van der Waals surface area contributed by atoms with E-state index in [-0.39, 0.29) is 18.0 Å². The third-order valence-corrected chi connectivity index (χ3v) is 8.45. The van der Waals surface area contributed by atoms with Gasteiger partial charge in [-0.2, -0.15) is 9.37 Å². The number of methoxy groups -OCH3 is 2. The van der Waals surface area contributed by atoms with E-state index in [1.165, 1.54) is 34.2 Å². The van der Waals surface area contributed by atoms with Crippen molar-refractivity contribution >= 4 is 40.1 Å². The first-order valence-electron chi connectivity index (χ1n) is 12.0. The summed E-state index contributed by atoms with van der Waals surface area (Å²) < 4.78 is 14.0. The number of thioether (sulfide) groups is 1. The molecule has 2 aliphatic heterocycles. The first-order valence-corrected chi connectivity index (χ1v) is 12.9. The van der Waals surface area contributed by atoms with Crippen LogP contribution in [0.25, 0.3) is 5.65 Å². The van der Waals surface area contributed by atoms with E-state index in [9.17, 15) is 14.4 Å². The van der Waals surface area contributed by atoms with Gasteiger partial charge in [0.2, 0.25) is 0 Å². The lowest BCUT2D eigenvalue weighted by Gasteiger charge is -2.26. The van der Waals surface area contributed by atoms with Crippen molar-refractivity contribution in [2.24, 2.45) is 5.92 Å². The van der Waals surface area contributed by atoms with Gasteiger partial charge in [-0.1, -0.05) is 17.8 Å². The zero-order valence-corrected chi connectivity index (χ0v) is 21.5. The van der Waals surface area contributed by atoms with Crippen molar-refractivity contribution in [3.05, 3.63) is 74.7 Å². The molecule has 0 spiro atoms. The molecule has 9 nitrogen and oxygen atoms in total. The highest BCUT2D eigenvalue weighted by molar-refractivity contribution is 8.17. The number of aryl methyl sites for hydroxylation is 1. The Morgan fingerprint density at radius 1 is 1.08 bits per heavy atom. The number of anilines is 1. The second kappa shape index (κ2) is 8.88. The van der Waals surface area contributed by atoms with Gasteiger partial charge < -0.3 is 9.47 Å². The summed E-state index contributed by atoms with van der Waals surface area (Å²) in [5, 5.41) is 0.690.